The van der Waals surface area contributed by atoms with Crippen molar-refractivity contribution in [2.45, 2.75) is 76.4 Å². The molecule has 1 heterocycles. The van der Waals surface area contributed by atoms with Crippen molar-refractivity contribution in [3.05, 3.63) is 52.4 Å². The van der Waals surface area contributed by atoms with Crippen LogP contribution in [0.4, 0.5) is 0 Å². The van der Waals surface area contributed by atoms with Gasteiger partial charge in [-0.25, -0.2) is 0 Å². The summed E-state index contributed by atoms with van der Waals surface area (Å²) in [5.41, 5.74) is 3.83. The molecule has 2 aromatic rings. The molecule has 0 radical (unpaired) electrons. The number of benzene rings is 1. The third kappa shape index (κ3) is 5.60. The Morgan fingerprint density at radius 2 is 1.83 bits per heavy atom. The molecule has 0 bridgehead atoms. The van der Waals surface area contributed by atoms with Gasteiger partial charge in [0.25, 0.3) is 0 Å². The van der Waals surface area contributed by atoms with Gasteiger partial charge < -0.3 is 15.3 Å². The Hall–Kier alpha value is -1.95. The first-order valence-electron chi connectivity index (χ1n) is 10.8. The zero-order valence-corrected chi connectivity index (χ0v) is 18.6. The van der Waals surface area contributed by atoms with Gasteiger partial charge in [-0.1, -0.05) is 69.2 Å². The van der Waals surface area contributed by atoms with Gasteiger partial charge in [-0.05, 0) is 41.4 Å². The van der Waals surface area contributed by atoms with E-state index in [2.05, 4.69) is 38.1 Å². The fourth-order valence-electron chi connectivity index (χ4n) is 4.35. The average molecular weight is 429 g/mol. The van der Waals surface area contributed by atoms with Crippen molar-refractivity contribution in [2.24, 2.45) is 0 Å². The third-order valence-electron chi connectivity index (χ3n) is 5.74. The van der Waals surface area contributed by atoms with E-state index >= 15 is 0 Å². The molecule has 1 saturated carbocycles. The van der Waals surface area contributed by atoms with Crippen LogP contribution in [0.5, 0.6) is 0 Å². The second-order valence-electron chi connectivity index (χ2n) is 8.54. The monoisotopic (exact) mass is 428 g/mol. The zero-order valence-electron chi connectivity index (χ0n) is 17.8. The second kappa shape index (κ2) is 10.4. The quantitative estimate of drug-likeness (QED) is 0.472. The first kappa shape index (κ1) is 22.7. The molecule has 30 heavy (non-hydrogen) atoms. The van der Waals surface area contributed by atoms with Crippen molar-refractivity contribution in [2.75, 3.05) is 0 Å². The SMILES string of the molecule is CC(C)c1sc(-c2ccccc2)c(C2CCCC2)c1/C=C/[C@@H](O)C[C@@H](O)CC(=O)O. The fourth-order valence-corrected chi connectivity index (χ4v) is 5.73. The highest BCUT2D eigenvalue weighted by molar-refractivity contribution is 7.16. The molecule has 1 aliphatic carbocycles. The minimum Gasteiger partial charge on any atom is -0.481 e. The normalized spacial score (nSPS) is 17.1. The molecule has 0 spiro atoms. The molecule has 1 aliphatic rings. The number of carbonyl (C=O) groups is 1. The van der Waals surface area contributed by atoms with Gasteiger partial charge in [-0.2, -0.15) is 0 Å². The Morgan fingerprint density at radius 1 is 1.17 bits per heavy atom. The lowest BCUT2D eigenvalue weighted by Crippen LogP contribution is -2.19. The lowest BCUT2D eigenvalue weighted by atomic mass is 9.89. The summed E-state index contributed by atoms with van der Waals surface area (Å²) in [5.74, 6) is -0.171. The van der Waals surface area contributed by atoms with E-state index in [9.17, 15) is 15.0 Å². The number of aliphatic hydroxyl groups is 2. The van der Waals surface area contributed by atoms with Gasteiger partial charge in [-0.15, -0.1) is 11.3 Å². The van der Waals surface area contributed by atoms with Crippen LogP contribution >= 0.6 is 11.3 Å². The van der Waals surface area contributed by atoms with Crippen molar-refractivity contribution >= 4 is 23.4 Å². The Bertz CT molecular complexity index is 863. The minimum atomic E-state index is -1.06. The molecule has 2 atom stereocenters. The highest BCUT2D eigenvalue weighted by Crippen LogP contribution is 2.48. The maximum Gasteiger partial charge on any atom is 0.305 e. The van der Waals surface area contributed by atoms with Gasteiger partial charge in [0.15, 0.2) is 0 Å². The standard InChI is InChI=1S/C25H32O4S/c1-16(2)24-21(13-12-19(26)14-20(27)15-22(28)29)23(17-8-6-7-9-17)25(30-24)18-10-4-3-5-11-18/h3-5,10-13,16-17,19-20,26-27H,6-9,14-15H2,1-2H3,(H,28,29)/b13-12+/t19-,20-/m1/s1. The van der Waals surface area contributed by atoms with Crippen LogP contribution in [0.1, 0.15) is 80.2 Å². The van der Waals surface area contributed by atoms with Crippen molar-refractivity contribution in [1.29, 1.82) is 0 Å². The minimum absolute atomic E-state index is 0.0221. The number of carboxylic acid groups (broad SMARTS) is 1. The Kier molecular flexibility index (Phi) is 7.87. The van der Waals surface area contributed by atoms with Crippen LogP contribution in [0.15, 0.2) is 36.4 Å². The summed E-state index contributed by atoms with van der Waals surface area (Å²) in [5, 5.41) is 29.0. The summed E-state index contributed by atoms with van der Waals surface area (Å²) >= 11 is 1.85. The molecule has 1 fully saturated rings. The molecule has 0 saturated heterocycles. The van der Waals surface area contributed by atoms with Crippen LogP contribution in [0.25, 0.3) is 16.5 Å². The number of hydrogen-bond acceptors (Lipinski definition) is 4. The van der Waals surface area contributed by atoms with Crippen molar-refractivity contribution < 1.29 is 20.1 Å². The topological polar surface area (TPSA) is 77.8 Å². The molecular formula is C25H32O4S. The zero-order chi connectivity index (χ0) is 21.7. The molecule has 4 nitrogen and oxygen atoms in total. The molecule has 3 rings (SSSR count). The molecule has 5 heteroatoms. The number of carboxylic acids is 1. The van der Waals surface area contributed by atoms with Crippen LogP contribution in [0.2, 0.25) is 0 Å². The van der Waals surface area contributed by atoms with Crippen LogP contribution < -0.4 is 0 Å². The molecule has 0 amide bonds. The summed E-state index contributed by atoms with van der Waals surface area (Å²) in [4.78, 5) is 13.4. The molecule has 0 unspecified atom stereocenters. The molecule has 162 valence electrons. The molecule has 0 aliphatic heterocycles. The lowest BCUT2D eigenvalue weighted by Gasteiger charge is -2.15. The van der Waals surface area contributed by atoms with Gasteiger partial charge in [0.05, 0.1) is 18.6 Å². The van der Waals surface area contributed by atoms with Gasteiger partial charge in [0, 0.05) is 16.2 Å². The maximum absolute atomic E-state index is 10.8. The Balaban J connectivity index is 1.97. The highest BCUT2D eigenvalue weighted by Gasteiger charge is 2.28. The second-order valence-corrected chi connectivity index (χ2v) is 9.59. The molecule has 1 aromatic heterocycles. The van der Waals surface area contributed by atoms with E-state index in [-0.39, 0.29) is 12.8 Å². The number of thiophene rings is 1. The van der Waals surface area contributed by atoms with Crippen LogP contribution in [-0.2, 0) is 4.79 Å². The van der Waals surface area contributed by atoms with E-state index in [4.69, 9.17) is 5.11 Å². The third-order valence-corrected chi connectivity index (χ3v) is 7.32. The van der Waals surface area contributed by atoms with Crippen molar-refractivity contribution in [3.8, 4) is 10.4 Å². The van der Waals surface area contributed by atoms with Crippen molar-refractivity contribution in [1.82, 2.24) is 0 Å². The van der Waals surface area contributed by atoms with Crippen LogP contribution in [0.3, 0.4) is 0 Å². The summed E-state index contributed by atoms with van der Waals surface area (Å²) in [7, 11) is 0. The van der Waals surface area contributed by atoms with Gasteiger partial charge >= 0.3 is 5.97 Å². The van der Waals surface area contributed by atoms with Gasteiger partial charge in [0.2, 0.25) is 0 Å². The van der Waals surface area contributed by atoms with Gasteiger partial charge in [-0.3, -0.25) is 4.79 Å². The first-order valence-corrected chi connectivity index (χ1v) is 11.7. The van der Waals surface area contributed by atoms with Crippen LogP contribution in [0, 0.1) is 0 Å². The largest absolute Gasteiger partial charge is 0.481 e. The summed E-state index contributed by atoms with van der Waals surface area (Å²) in [6.45, 7) is 4.40. The van der Waals surface area contributed by atoms with Crippen molar-refractivity contribution in [3.63, 3.8) is 0 Å². The Morgan fingerprint density at radius 3 is 2.43 bits per heavy atom. The summed E-state index contributed by atoms with van der Waals surface area (Å²) in [6, 6.07) is 10.5. The lowest BCUT2D eigenvalue weighted by molar-refractivity contribution is -0.139. The number of aliphatic carboxylic acids is 1. The maximum atomic E-state index is 10.8. The fraction of sp³-hybridized carbons (Fsp3) is 0.480. The molecule has 1 aromatic carbocycles. The van der Waals surface area contributed by atoms with E-state index in [0.29, 0.717) is 11.8 Å². The van der Waals surface area contributed by atoms with E-state index in [1.807, 2.05) is 23.5 Å². The smallest absolute Gasteiger partial charge is 0.305 e. The van der Waals surface area contributed by atoms with Crippen LogP contribution in [-0.4, -0.2) is 33.5 Å². The predicted molar refractivity (Wildman–Crippen MR) is 123 cm³/mol. The highest BCUT2D eigenvalue weighted by atomic mass is 32.1. The first-order chi connectivity index (χ1) is 14.4. The average Bonchev–Trinajstić information content (AvgIpc) is 3.33. The summed E-state index contributed by atoms with van der Waals surface area (Å²) < 4.78 is 0. The van der Waals surface area contributed by atoms with Gasteiger partial charge in [0.1, 0.15) is 0 Å². The van der Waals surface area contributed by atoms with E-state index in [0.717, 1.165) is 0 Å². The summed E-state index contributed by atoms with van der Waals surface area (Å²) in [6.07, 6.45) is 6.33. The Labute approximate surface area is 182 Å². The number of rotatable bonds is 9. The number of aliphatic hydroxyl groups excluding tert-OH is 2. The van der Waals surface area contributed by atoms with E-state index in [1.54, 1.807) is 6.08 Å². The van der Waals surface area contributed by atoms with E-state index in [1.165, 1.54) is 52.1 Å². The predicted octanol–water partition coefficient (Wildman–Crippen LogP) is 5.80. The van der Waals surface area contributed by atoms with E-state index < -0.39 is 18.2 Å². The number of hydrogen-bond donors (Lipinski definition) is 3. The molecule has 3 N–H and O–H groups in total. The molecular weight excluding hydrogens is 396 g/mol.